The van der Waals surface area contributed by atoms with Crippen LogP contribution < -0.4 is 34.9 Å². The summed E-state index contributed by atoms with van der Waals surface area (Å²) in [6, 6.07) is 8.79. The summed E-state index contributed by atoms with van der Waals surface area (Å²) in [5.41, 5.74) is 1.06. The Balaban J connectivity index is 0.000000199. The number of carbonyl (C=O) groups is 4. The molecule has 6 amide bonds. The third-order valence-corrected chi connectivity index (χ3v) is 13.2. The molecule has 0 aliphatic carbocycles. The zero-order chi connectivity index (χ0) is 56.9. The highest BCUT2D eigenvalue weighted by Crippen LogP contribution is 2.40. The molecule has 4 aromatic carbocycles. The third kappa shape index (κ3) is 14.1. The average Bonchev–Trinajstić information content (AvgIpc) is 4.17. The van der Waals surface area contributed by atoms with Gasteiger partial charge in [-0.2, -0.15) is 18.6 Å². The number of urea groups is 2. The topological polar surface area (TPSA) is 226 Å². The summed E-state index contributed by atoms with van der Waals surface area (Å²) < 4.78 is 134. The first kappa shape index (κ1) is 57.5. The molecule has 0 radical (unpaired) electrons. The molecule has 6 aliphatic rings. The molecule has 4 atom stereocenters. The summed E-state index contributed by atoms with van der Waals surface area (Å²) in [6.45, 7) is 0.905. The van der Waals surface area contributed by atoms with Gasteiger partial charge in [-0.25, -0.2) is 45.9 Å². The van der Waals surface area contributed by atoms with Crippen LogP contribution in [0.2, 0.25) is 0 Å². The van der Waals surface area contributed by atoms with Crippen LogP contribution in [0.15, 0.2) is 70.9 Å². The van der Waals surface area contributed by atoms with Crippen LogP contribution in [0.4, 0.5) is 47.3 Å². The molecule has 21 nitrogen and oxygen atoms in total. The second kappa shape index (κ2) is 24.5. The minimum Gasteiger partial charge on any atom is -0.484 e. The summed E-state index contributed by atoms with van der Waals surface area (Å²) in [7, 11) is 3.84. The molecule has 28 heteroatoms. The number of hydrazone groups is 2. The molecule has 6 heterocycles. The predicted molar refractivity (Wildman–Crippen MR) is 273 cm³/mol. The lowest BCUT2D eigenvalue weighted by molar-refractivity contribution is -0.124. The number of anilines is 2. The fourth-order valence-corrected chi connectivity index (χ4v) is 9.21. The van der Waals surface area contributed by atoms with E-state index in [2.05, 4.69) is 30.3 Å². The Labute approximate surface area is 450 Å². The number of nitrogens with one attached hydrogen (secondary N) is 3. The number of amides is 6. The van der Waals surface area contributed by atoms with Gasteiger partial charge in [-0.1, -0.05) is 0 Å². The molecule has 3 N–H and O–H groups in total. The van der Waals surface area contributed by atoms with Crippen molar-refractivity contribution >= 4 is 57.8 Å². The van der Waals surface area contributed by atoms with Crippen LogP contribution in [0.3, 0.4) is 0 Å². The molecule has 0 bridgehead atoms. The first-order valence-electron chi connectivity index (χ1n) is 24.7. The number of fused-ring (bicyclic) bond motifs is 2. The van der Waals surface area contributed by atoms with Crippen molar-refractivity contribution in [1.82, 2.24) is 30.0 Å². The number of nitrogens with zero attached hydrogens (tertiary/aromatic N) is 7. The molecule has 4 aromatic rings. The number of rotatable bonds is 13. The molecule has 2 saturated heterocycles. The van der Waals surface area contributed by atoms with Crippen molar-refractivity contribution in [2.75, 3.05) is 84.4 Å². The number of benzene rings is 4. The number of halogens is 6. The van der Waals surface area contributed by atoms with Crippen LogP contribution in [-0.2, 0) is 23.9 Å². The third-order valence-electron chi connectivity index (χ3n) is 12.6. The Morgan fingerprint density at radius 1 is 0.658 bits per heavy atom. The number of hydrogen-bond donors (Lipinski definition) is 3. The molecule has 2 unspecified atom stereocenters. The Kier molecular flexibility index (Phi) is 17.9. The van der Waals surface area contributed by atoms with Crippen molar-refractivity contribution in [1.29, 1.82) is 0 Å². The van der Waals surface area contributed by atoms with Gasteiger partial charge in [0, 0.05) is 81.1 Å². The first-order chi connectivity index (χ1) is 37.6. The Morgan fingerprint density at radius 2 is 1.05 bits per heavy atom. The monoisotopic (exact) mass is 1130 g/mol. The summed E-state index contributed by atoms with van der Waals surface area (Å²) in [6.07, 6.45) is 2.07. The average molecular weight is 1130 g/mol. The minimum atomic E-state index is -3.68. The summed E-state index contributed by atoms with van der Waals surface area (Å²) >= 11 is 0. The van der Waals surface area contributed by atoms with E-state index >= 15 is 0 Å². The fourth-order valence-electron chi connectivity index (χ4n) is 8.82. The second-order valence-corrected chi connectivity index (χ2v) is 20.8. The van der Waals surface area contributed by atoms with Crippen LogP contribution in [0.25, 0.3) is 0 Å². The molecule has 424 valence electrons. The van der Waals surface area contributed by atoms with Gasteiger partial charge in [0.1, 0.15) is 47.0 Å². The number of hydrogen-bond acceptors (Lipinski definition) is 15. The molecule has 79 heavy (non-hydrogen) atoms. The van der Waals surface area contributed by atoms with Crippen LogP contribution >= 0.6 is 0 Å². The highest BCUT2D eigenvalue weighted by Gasteiger charge is 2.42. The molecule has 0 aromatic heterocycles. The van der Waals surface area contributed by atoms with Crippen molar-refractivity contribution in [2.45, 2.75) is 62.2 Å². The fraction of sp³-hybridized carbons (Fsp3) is 0.412. The van der Waals surface area contributed by atoms with Gasteiger partial charge in [-0.15, -0.1) is 0 Å². The lowest BCUT2D eigenvalue weighted by atomic mass is 10.0. The van der Waals surface area contributed by atoms with E-state index in [9.17, 15) is 53.9 Å². The summed E-state index contributed by atoms with van der Waals surface area (Å²) in [5.74, 6) is -5.23. The number of ether oxygens (including phenoxy) is 4. The lowest BCUT2D eigenvalue weighted by Gasteiger charge is -2.41. The van der Waals surface area contributed by atoms with Crippen LogP contribution in [0.1, 0.15) is 48.9 Å². The van der Waals surface area contributed by atoms with Gasteiger partial charge in [0.2, 0.25) is 0 Å². The normalized spacial score (nSPS) is 20.3. The zero-order valence-corrected chi connectivity index (χ0v) is 44.1. The van der Waals surface area contributed by atoms with Crippen LogP contribution in [-0.4, -0.2) is 168 Å². The van der Waals surface area contributed by atoms with E-state index in [1.807, 2.05) is 33.1 Å². The van der Waals surface area contributed by atoms with E-state index in [4.69, 9.17) is 18.9 Å². The van der Waals surface area contributed by atoms with E-state index in [-0.39, 0.29) is 79.4 Å². The van der Waals surface area contributed by atoms with Crippen molar-refractivity contribution < 1.29 is 77.1 Å². The Hall–Kier alpha value is -7.69. The minimum absolute atomic E-state index is 0.0425. The molecular weight excluding hydrogens is 1070 g/mol. The van der Waals surface area contributed by atoms with Gasteiger partial charge in [-0.05, 0) is 63.6 Å². The zero-order valence-electron chi connectivity index (χ0n) is 43.3. The van der Waals surface area contributed by atoms with Gasteiger partial charge in [0.15, 0.2) is 35.3 Å². The van der Waals surface area contributed by atoms with Gasteiger partial charge in [0.25, 0.3) is 21.9 Å². The van der Waals surface area contributed by atoms with Crippen molar-refractivity contribution in [3.63, 3.8) is 0 Å². The first-order valence-corrected chi connectivity index (χ1v) is 26.5. The number of carbonyl (C=O) groups excluding carboxylic acids is 4. The van der Waals surface area contributed by atoms with Crippen LogP contribution in [0, 0.1) is 34.9 Å². The smallest absolute Gasteiger partial charge is 0.341 e. The van der Waals surface area contributed by atoms with Crippen molar-refractivity contribution in [2.24, 2.45) is 10.2 Å². The summed E-state index contributed by atoms with van der Waals surface area (Å²) in [5, 5.41) is 18.5. The molecular formula is C51H56F6N10O11S. The highest BCUT2D eigenvalue weighted by molar-refractivity contribution is 7.85. The molecule has 0 spiro atoms. The van der Waals surface area contributed by atoms with Gasteiger partial charge in [-0.3, -0.25) is 13.8 Å². The molecule has 0 saturated carbocycles. The predicted octanol–water partition coefficient (Wildman–Crippen LogP) is 5.99. The van der Waals surface area contributed by atoms with E-state index in [0.717, 1.165) is 41.6 Å². The maximum absolute atomic E-state index is 14.7. The summed E-state index contributed by atoms with van der Waals surface area (Å²) in [4.78, 5) is 55.4. The molecule has 2 fully saturated rings. The lowest BCUT2D eigenvalue weighted by Crippen LogP contribution is -2.58. The maximum Gasteiger partial charge on any atom is 0.341 e. The van der Waals surface area contributed by atoms with Crippen LogP contribution in [0.5, 0.6) is 23.0 Å². The van der Waals surface area contributed by atoms with E-state index < -0.39 is 99.5 Å². The quantitative estimate of drug-likeness (QED) is 0.103. The molecule has 6 aliphatic heterocycles. The van der Waals surface area contributed by atoms with E-state index in [1.54, 1.807) is 0 Å². The van der Waals surface area contributed by atoms with Gasteiger partial charge < -0.3 is 49.6 Å². The second-order valence-electron chi connectivity index (χ2n) is 19.2. The van der Waals surface area contributed by atoms with E-state index in [1.165, 1.54) is 57.6 Å². The highest BCUT2D eigenvalue weighted by atomic mass is 32.2. The van der Waals surface area contributed by atoms with Gasteiger partial charge in [0.05, 0.1) is 62.5 Å². The van der Waals surface area contributed by atoms with Crippen molar-refractivity contribution in [3.8, 4) is 23.0 Å². The standard InChI is InChI=1S/C25H26F3N5O4.C24H23F3N4O7S.C2H7N/c1-31(2)6-4-21-24(34)30-19-11-22(18(28)10-23(19)37-21)36-17-12-32(13-17)25(35)33-20(3-5-29-33)14-7-15(26)9-16(27)8-14;1-39(34,35)36-5-3-20-23(32)29-18-10-21(17(27)9-22(18)38-20)37-16-11-30(12-16)24(33)31-19(2-4-28-31)13-6-14(25)8-15(26)7-13;1-3-2/h5,7-11,17,20-21H,3-4,6,12-13H2,1-2H3,(H,30,34);4,6-10,16,19-20H,2-3,5,11-12H2,1H3,(H,29,32);3H,1-2H3/t20-,21?;19-,20?;/m00./s1. The maximum atomic E-state index is 14.7. The molecule has 10 rings (SSSR count). The SMILES string of the molecule is CN(C)CCC1Oc2cc(F)c(OC3CN(C(=O)N4N=CC[C@H]4c4cc(F)cc(F)c4)C3)cc2NC1=O.CNC.CS(=O)(=O)OCCC1Oc2cc(F)c(OC3CN(C(=O)N4N=CC[C@H]4c4cc(F)cc(F)c4)C3)cc2NC1=O. The van der Waals surface area contributed by atoms with Gasteiger partial charge >= 0.3 is 12.1 Å². The number of likely N-dealkylation sites (tertiary alicyclic amines) is 2. The van der Waals surface area contributed by atoms with Crippen molar-refractivity contribution in [3.05, 3.63) is 107 Å². The Bertz CT molecular complexity index is 3090. The largest absolute Gasteiger partial charge is 0.484 e. The van der Waals surface area contributed by atoms with E-state index in [0.29, 0.717) is 37.1 Å². The Morgan fingerprint density at radius 3 is 1.43 bits per heavy atom.